The molecule has 1 aliphatic rings. The van der Waals surface area contributed by atoms with E-state index in [1.165, 1.54) is 18.9 Å². The summed E-state index contributed by atoms with van der Waals surface area (Å²) in [6, 6.07) is 14.5. The molecule has 5 aromatic heterocycles. The third kappa shape index (κ3) is 4.51. The van der Waals surface area contributed by atoms with Gasteiger partial charge in [0.15, 0.2) is 0 Å². The van der Waals surface area contributed by atoms with Crippen LogP contribution in [0, 0.1) is 5.82 Å². The summed E-state index contributed by atoms with van der Waals surface area (Å²) < 4.78 is 20.6. The van der Waals surface area contributed by atoms with Crippen LogP contribution >= 0.6 is 0 Å². The van der Waals surface area contributed by atoms with Gasteiger partial charge in [0.1, 0.15) is 23.9 Å². The summed E-state index contributed by atoms with van der Waals surface area (Å²) in [5, 5.41) is 9.39. The minimum absolute atomic E-state index is 0.308. The molecule has 8 nitrogen and oxygen atoms in total. The zero-order chi connectivity index (χ0) is 26.2. The van der Waals surface area contributed by atoms with Crippen molar-refractivity contribution in [1.29, 1.82) is 0 Å². The van der Waals surface area contributed by atoms with E-state index in [2.05, 4.69) is 35.0 Å². The Bertz CT molecular complexity index is 1790. The van der Waals surface area contributed by atoms with Gasteiger partial charge in [-0.05, 0) is 62.3 Å². The van der Waals surface area contributed by atoms with Gasteiger partial charge in [-0.25, -0.2) is 4.39 Å². The molecule has 0 saturated carbocycles. The summed E-state index contributed by atoms with van der Waals surface area (Å²) >= 11 is 0. The number of fused-ring (bicyclic) bond motifs is 2. The SMILES string of the molecule is Fc1ccccc1-c1nccc2[nH]c(-c3n[nH]c4cnc(-c5cncc(OCCN6CCCC6)c5)cc34)cc12. The summed E-state index contributed by atoms with van der Waals surface area (Å²) in [5.74, 6) is 0.418. The molecule has 6 heterocycles. The number of H-pyrrole nitrogens is 2. The highest BCUT2D eigenvalue weighted by Gasteiger charge is 2.17. The van der Waals surface area contributed by atoms with Crippen molar-refractivity contribution >= 4 is 21.8 Å². The topological polar surface area (TPSA) is 95.6 Å². The van der Waals surface area contributed by atoms with E-state index in [0.29, 0.717) is 17.9 Å². The van der Waals surface area contributed by atoms with Gasteiger partial charge in [0.2, 0.25) is 0 Å². The second kappa shape index (κ2) is 9.92. The molecule has 1 aromatic carbocycles. The Labute approximate surface area is 223 Å². The van der Waals surface area contributed by atoms with E-state index in [-0.39, 0.29) is 5.82 Å². The number of benzene rings is 1. The highest BCUT2D eigenvalue weighted by atomic mass is 19.1. The quantitative estimate of drug-likeness (QED) is 0.275. The maximum Gasteiger partial charge on any atom is 0.138 e. The van der Waals surface area contributed by atoms with Gasteiger partial charge in [-0.3, -0.25) is 25.0 Å². The molecule has 9 heteroatoms. The number of ether oxygens (including phenoxy) is 1. The van der Waals surface area contributed by atoms with Crippen LogP contribution in [0.5, 0.6) is 5.75 Å². The molecule has 0 amide bonds. The molecule has 0 radical (unpaired) electrons. The van der Waals surface area contributed by atoms with E-state index in [9.17, 15) is 4.39 Å². The summed E-state index contributed by atoms with van der Waals surface area (Å²) in [7, 11) is 0. The van der Waals surface area contributed by atoms with Crippen LogP contribution in [0.15, 0.2) is 73.3 Å². The Balaban J connectivity index is 1.21. The first-order valence-electron chi connectivity index (χ1n) is 13.1. The van der Waals surface area contributed by atoms with Crippen molar-refractivity contribution in [3.63, 3.8) is 0 Å². The van der Waals surface area contributed by atoms with Crippen molar-refractivity contribution in [2.75, 3.05) is 26.2 Å². The van der Waals surface area contributed by atoms with E-state index in [1.807, 2.05) is 30.3 Å². The minimum Gasteiger partial charge on any atom is -0.491 e. The zero-order valence-corrected chi connectivity index (χ0v) is 21.2. The minimum atomic E-state index is -0.308. The maximum absolute atomic E-state index is 14.6. The van der Waals surface area contributed by atoms with Crippen molar-refractivity contribution in [3.8, 4) is 39.7 Å². The number of pyridine rings is 3. The van der Waals surface area contributed by atoms with Crippen LogP contribution in [0.3, 0.4) is 0 Å². The number of nitrogens with zero attached hydrogens (tertiary/aromatic N) is 5. The van der Waals surface area contributed by atoms with E-state index in [4.69, 9.17) is 4.74 Å². The van der Waals surface area contributed by atoms with Crippen molar-refractivity contribution in [3.05, 3.63) is 79.1 Å². The molecule has 0 bridgehead atoms. The van der Waals surface area contributed by atoms with Gasteiger partial charge < -0.3 is 9.72 Å². The highest BCUT2D eigenvalue weighted by molar-refractivity contribution is 6.00. The average Bonchev–Trinajstić information content (AvgIpc) is 3.73. The van der Waals surface area contributed by atoms with Gasteiger partial charge in [0.25, 0.3) is 0 Å². The smallest absolute Gasteiger partial charge is 0.138 e. The molecule has 1 saturated heterocycles. The molecule has 0 spiro atoms. The molecule has 7 rings (SSSR count). The third-order valence-corrected chi connectivity index (χ3v) is 7.26. The average molecular weight is 520 g/mol. The van der Waals surface area contributed by atoms with Crippen molar-refractivity contribution in [2.45, 2.75) is 12.8 Å². The molecule has 0 aliphatic carbocycles. The number of halogens is 1. The lowest BCUT2D eigenvalue weighted by molar-refractivity contribution is 0.237. The predicted molar refractivity (Wildman–Crippen MR) is 149 cm³/mol. The van der Waals surface area contributed by atoms with E-state index in [0.717, 1.165) is 69.8 Å². The van der Waals surface area contributed by atoms with Crippen LogP contribution in [0.4, 0.5) is 4.39 Å². The number of aromatic amines is 2. The Morgan fingerprint density at radius 2 is 1.77 bits per heavy atom. The Kier molecular flexibility index (Phi) is 5.97. The maximum atomic E-state index is 14.6. The number of likely N-dealkylation sites (tertiary alicyclic amines) is 1. The Morgan fingerprint density at radius 3 is 2.67 bits per heavy atom. The zero-order valence-electron chi connectivity index (χ0n) is 21.2. The van der Waals surface area contributed by atoms with Crippen LogP contribution in [0.2, 0.25) is 0 Å². The first-order chi connectivity index (χ1) is 19.2. The highest BCUT2D eigenvalue weighted by Crippen LogP contribution is 2.34. The molecular weight excluding hydrogens is 493 g/mol. The molecule has 1 fully saturated rings. The summed E-state index contributed by atoms with van der Waals surface area (Å²) in [4.78, 5) is 19.4. The monoisotopic (exact) mass is 519 g/mol. The second-order valence-corrected chi connectivity index (χ2v) is 9.78. The van der Waals surface area contributed by atoms with Crippen molar-refractivity contribution in [2.24, 2.45) is 0 Å². The molecule has 39 heavy (non-hydrogen) atoms. The molecule has 1 aliphatic heterocycles. The number of rotatable bonds is 7. The van der Waals surface area contributed by atoms with Gasteiger partial charge in [-0.15, -0.1) is 0 Å². The standard InChI is InChI=1S/C30H26FN7O/c31-24-6-2-1-5-21(24)29-22-15-27(35-25(22)7-8-33-29)30-23-14-26(34-18-28(23)36-37-30)19-13-20(17-32-16-19)39-12-11-38-9-3-4-10-38/h1-2,5-8,13-18,35H,3-4,9-12H2,(H,36,37). The Morgan fingerprint density at radius 1 is 0.897 bits per heavy atom. The van der Waals surface area contributed by atoms with Crippen molar-refractivity contribution in [1.82, 2.24) is 35.0 Å². The van der Waals surface area contributed by atoms with Gasteiger partial charge in [0.05, 0.1) is 35.0 Å². The summed E-state index contributed by atoms with van der Waals surface area (Å²) in [6.45, 7) is 3.85. The molecule has 0 atom stereocenters. The fourth-order valence-corrected chi connectivity index (χ4v) is 5.27. The second-order valence-electron chi connectivity index (χ2n) is 9.78. The molecular formula is C30H26FN7O. The fourth-order valence-electron chi connectivity index (χ4n) is 5.27. The lowest BCUT2D eigenvalue weighted by Gasteiger charge is -2.15. The number of hydrogen-bond acceptors (Lipinski definition) is 6. The van der Waals surface area contributed by atoms with Gasteiger partial charge in [-0.2, -0.15) is 5.10 Å². The molecule has 194 valence electrons. The van der Waals surface area contributed by atoms with E-state index >= 15 is 0 Å². The van der Waals surface area contributed by atoms with Crippen LogP contribution in [0.25, 0.3) is 55.7 Å². The first-order valence-corrected chi connectivity index (χ1v) is 13.1. The van der Waals surface area contributed by atoms with Gasteiger partial charge in [0, 0.05) is 46.4 Å². The van der Waals surface area contributed by atoms with Crippen LogP contribution in [0.1, 0.15) is 12.8 Å². The first kappa shape index (κ1) is 23.5. The van der Waals surface area contributed by atoms with Crippen molar-refractivity contribution < 1.29 is 9.13 Å². The molecule has 6 aromatic rings. The third-order valence-electron chi connectivity index (χ3n) is 7.26. The van der Waals surface area contributed by atoms with Crippen LogP contribution in [-0.4, -0.2) is 61.3 Å². The molecule has 2 N–H and O–H groups in total. The predicted octanol–water partition coefficient (Wildman–Crippen LogP) is 5.84. The van der Waals surface area contributed by atoms with E-state index in [1.54, 1.807) is 36.9 Å². The summed E-state index contributed by atoms with van der Waals surface area (Å²) in [5.41, 5.74) is 5.90. The summed E-state index contributed by atoms with van der Waals surface area (Å²) in [6.07, 6.45) is 9.52. The fraction of sp³-hybridized carbons (Fsp3) is 0.200. The van der Waals surface area contributed by atoms with Crippen LogP contribution < -0.4 is 4.74 Å². The normalized spacial score (nSPS) is 14.0. The lowest BCUT2D eigenvalue weighted by Crippen LogP contribution is -2.25. The van der Waals surface area contributed by atoms with Crippen LogP contribution in [-0.2, 0) is 0 Å². The van der Waals surface area contributed by atoms with E-state index < -0.39 is 0 Å². The number of aromatic nitrogens is 6. The number of hydrogen-bond donors (Lipinski definition) is 2. The molecule has 0 unspecified atom stereocenters. The van der Waals surface area contributed by atoms with Gasteiger partial charge >= 0.3 is 0 Å². The van der Waals surface area contributed by atoms with Gasteiger partial charge in [-0.1, -0.05) is 12.1 Å². The largest absolute Gasteiger partial charge is 0.491 e. The Hall–Kier alpha value is -4.63. The lowest BCUT2D eigenvalue weighted by atomic mass is 10.1. The number of nitrogens with one attached hydrogen (secondary N) is 2.